The highest BCUT2D eigenvalue weighted by atomic mass is 15.1. The van der Waals surface area contributed by atoms with Gasteiger partial charge in [0.15, 0.2) is 11.0 Å². The molecular formula is C33H34N3+. The molecule has 3 nitrogen and oxygen atoms in total. The predicted octanol–water partition coefficient (Wildman–Crippen LogP) is 8.15. The number of nitrogens with zero attached hydrogens (tertiary/aromatic N) is 3. The fourth-order valence-electron chi connectivity index (χ4n) is 6.10. The van der Waals surface area contributed by atoms with Crippen LogP contribution in [0, 0.1) is 13.8 Å². The van der Waals surface area contributed by atoms with Gasteiger partial charge in [-0.05, 0) is 72.2 Å². The van der Waals surface area contributed by atoms with Gasteiger partial charge in [0.2, 0.25) is 0 Å². The maximum absolute atomic E-state index is 5.52. The lowest BCUT2D eigenvalue weighted by Gasteiger charge is -2.20. The van der Waals surface area contributed by atoms with Crippen LogP contribution in [0.1, 0.15) is 61.8 Å². The molecule has 3 heterocycles. The van der Waals surface area contributed by atoms with Gasteiger partial charge in [-0.1, -0.05) is 70.2 Å². The van der Waals surface area contributed by atoms with Crippen LogP contribution < -0.4 is 4.57 Å². The highest BCUT2D eigenvalue weighted by Crippen LogP contribution is 2.39. The molecule has 0 saturated carbocycles. The zero-order valence-corrected chi connectivity index (χ0v) is 22.3. The van der Waals surface area contributed by atoms with Gasteiger partial charge in [-0.2, -0.15) is 4.40 Å². The average Bonchev–Trinajstić information content (AvgIpc) is 3.16. The Balaban J connectivity index is 1.86. The van der Waals surface area contributed by atoms with Crippen molar-refractivity contribution in [1.82, 2.24) is 9.38 Å². The topological polar surface area (TPSA) is 21.2 Å². The van der Waals surface area contributed by atoms with E-state index in [0.717, 1.165) is 11.2 Å². The predicted molar refractivity (Wildman–Crippen MR) is 152 cm³/mol. The molecule has 0 saturated heterocycles. The van der Waals surface area contributed by atoms with Crippen molar-refractivity contribution in [2.45, 2.75) is 53.4 Å². The molecule has 0 fully saturated rings. The Hall–Kier alpha value is -3.72. The first-order valence-electron chi connectivity index (χ1n) is 13.0. The second-order valence-electron chi connectivity index (χ2n) is 10.8. The quantitative estimate of drug-likeness (QED) is 0.188. The molecule has 3 aromatic heterocycles. The molecule has 0 spiro atoms. The fraction of sp³-hybridized carbons (Fsp3) is 0.273. The van der Waals surface area contributed by atoms with Crippen LogP contribution >= 0.6 is 0 Å². The summed E-state index contributed by atoms with van der Waals surface area (Å²) in [6.45, 7) is 13.6. The summed E-state index contributed by atoms with van der Waals surface area (Å²) in [5.41, 5.74) is 13.6. The van der Waals surface area contributed by atoms with Gasteiger partial charge in [0.05, 0.1) is 29.0 Å². The molecule has 0 atom stereocenters. The number of rotatable bonds is 3. The number of hydrogen-bond donors (Lipinski definition) is 0. The molecule has 0 amide bonds. The van der Waals surface area contributed by atoms with Gasteiger partial charge < -0.3 is 0 Å². The largest absolute Gasteiger partial charge is 0.297 e. The number of benzene rings is 3. The minimum absolute atomic E-state index is 0.422. The molecule has 0 aliphatic heterocycles. The average molecular weight is 473 g/mol. The molecule has 180 valence electrons. The highest BCUT2D eigenvalue weighted by Gasteiger charge is 2.27. The monoisotopic (exact) mass is 472 g/mol. The number of fused-ring (bicyclic) bond motifs is 8. The summed E-state index contributed by atoms with van der Waals surface area (Å²) in [4.78, 5) is 5.52. The van der Waals surface area contributed by atoms with E-state index in [9.17, 15) is 0 Å². The molecule has 0 unspecified atom stereocenters. The third kappa shape index (κ3) is 3.12. The van der Waals surface area contributed by atoms with E-state index in [1.165, 1.54) is 60.8 Å². The highest BCUT2D eigenvalue weighted by molar-refractivity contribution is 6.13. The van der Waals surface area contributed by atoms with Crippen molar-refractivity contribution in [1.29, 1.82) is 0 Å². The van der Waals surface area contributed by atoms with Crippen molar-refractivity contribution in [2.24, 2.45) is 7.05 Å². The number of hydrogen-bond acceptors (Lipinski definition) is 1. The first-order valence-corrected chi connectivity index (χ1v) is 13.0. The summed E-state index contributed by atoms with van der Waals surface area (Å²) in [5.74, 6) is 0.845. The van der Waals surface area contributed by atoms with Crippen LogP contribution in [0.5, 0.6) is 0 Å². The molecule has 0 N–H and O–H groups in total. The molecule has 3 heteroatoms. The Bertz CT molecular complexity index is 1790. The van der Waals surface area contributed by atoms with E-state index < -0.39 is 0 Å². The Morgan fingerprint density at radius 1 is 0.722 bits per heavy atom. The van der Waals surface area contributed by atoms with Gasteiger partial charge in [0.1, 0.15) is 5.52 Å². The minimum atomic E-state index is 0.422. The van der Waals surface area contributed by atoms with E-state index >= 15 is 0 Å². The lowest BCUT2D eigenvalue weighted by Crippen LogP contribution is -2.27. The molecule has 36 heavy (non-hydrogen) atoms. The number of aromatic nitrogens is 3. The van der Waals surface area contributed by atoms with Crippen LogP contribution in [0.25, 0.3) is 49.7 Å². The molecule has 0 aliphatic carbocycles. The zero-order chi connectivity index (χ0) is 25.3. The Morgan fingerprint density at radius 3 is 2.06 bits per heavy atom. The van der Waals surface area contributed by atoms with Crippen LogP contribution in [0.2, 0.25) is 0 Å². The van der Waals surface area contributed by atoms with Gasteiger partial charge in [-0.3, -0.25) is 0 Å². The molecule has 6 rings (SSSR count). The van der Waals surface area contributed by atoms with Crippen LogP contribution in [0.15, 0.2) is 66.7 Å². The Kier molecular flexibility index (Phi) is 5.15. The zero-order valence-electron chi connectivity index (χ0n) is 22.3. The lowest BCUT2D eigenvalue weighted by atomic mass is 9.86. The summed E-state index contributed by atoms with van der Waals surface area (Å²) >= 11 is 0. The van der Waals surface area contributed by atoms with E-state index in [1.54, 1.807) is 0 Å². The standard InChI is InChI=1S/C33H34N3/c1-19(2)23-13-11-14-24(20(3)4)31(23)25-18-22(6)30-32(34-25)29-21(5)12-10-17-28(29)36-27-16-9-8-15-26(27)35(7)33(30)36/h8-20H,1-7H3/q+1. The summed E-state index contributed by atoms with van der Waals surface area (Å²) < 4.78 is 4.76. The molecular weight excluding hydrogens is 438 g/mol. The van der Waals surface area contributed by atoms with E-state index in [-0.39, 0.29) is 0 Å². The van der Waals surface area contributed by atoms with Gasteiger partial charge in [0, 0.05) is 5.56 Å². The van der Waals surface area contributed by atoms with Crippen LogP contribution in [-0.4, -0.2) is 9.38 Å². The normalized spacial score (nSPS) is 12.2. The smallest absolute Gasteiger partial charge is 0.247 e. The van der Waals surface area contributed by atoms with Crippen LogP contribution in [0.3, 0.4) is 0 Å². The molecule has 3 aromatic carbocycles. The van der Waals surface area contributed by atoms with Crippen LogP contribution in [-0.2, 0) is 7.05 Å². The second kappa shape index (κ2) is 8.16. The maximum Gasteiger partial charge on any atom is 0.297 e. The van der Waals surface area contributed by atoms with Crippen molar-refractivity contribution in [3.63, 3.8) is 0 Å². The van der Waals surface area contributed by atoms with Crippen molar-refractivity contribution in [3.8, 4) is 11.3 Å². The van der Waals surface area contributed by atoms with Crippen molar-refractivity contribution < 1.29 is 4.57 Å². The van der Waals surface area contributed by atoms with Gasteiger partial charge in [-0.15, -0.1) is 0 Å². The summed E-state index contributed by atoms with van der Waals surface area (Å²) in [6, 6.07) is 24.4. The van der Waals surface area contributed by atoms with Gasteiger partial charge in [0.25, 0.3) is 5.65 Å². The molecule has 0 radical (unpaired) electrons. The summed E-state index contributed by atoms with van der Waals surface area (Å²) in [7, 11) is 2.18. The molecule has 6 aromatic rings. The second-order valence-corrected chi connectivity index (χ2v) is 10.8. The summed E-state index contributed by atoms with van der Waals surface area (Å²) in [6.07, 6.45) is 0. The number of pyridine rings is 2. The Labute approximate surface area is 213 Å². The Morgan fingerprint density at radius 2 is 1.36 bits per heavy atom. The first kappa shape index (κ1) is 22.7. The van der Waals surface area contributed by atoms with Crippen molar-refractivity contribution >= 4 is 38.5 Å². The lowest BCUT2D eigenvalue weighted by molar-refractivity contribution is -0.617. The number of para-hydroxylation sites is 2. The molecule has 0 bridgehead atoms. The van der Waals surface area contributed by atoms with Crippen molar-refractivity contribution in [2.75, 3.05) is 0 Å². The minimum Gasteiger partial charge on any atom is -0.247 e. The van der Waals surface area contributed by atoms with E-state index in [4.69, 9.17) is 4.98 Å². The summed E-state index contributed by atoms with van der Waals surface area (Å²) in [5, 5.41) is 2.46. The van der Waals surface area contributed by atoms with E-state index in [2.05, 4.69) is 124 Å². The number of aryl methyl sites for hydroxylation is 3. The number of imidazole rings is 1. The molecule has 0 aliphatic rings. The van der Waals surface area contributed by atoms with Crippen LogP contribution in [0.4, 0.5) is 0 Å². The van der Waals surface area contributed by atoms with Gasteiger partial charge >= 0.3 is 0 Å². The third-order valence-electron chi connectivity index (χ3n) is 7.81. The SMILES string of the molecule is Cc1cccc2c1c1nc(-c3c(C(C)C)cccc3C(C)C)cc(C)c1c1n2c2ccccc2[n+]1C. The first-order chi connectivity index (χ1) is 17.3. The maximum atomic E-state index is 5.52. The van der Waals surface area contributed by atoms with E-state index in [0.29, 0.717) is 11.8 Å². The van der Waals surface area contributed by atoms with Crippen molar-refractivity contribution in [3.05, 3.63) is 89.0 Å². The third-order valence-corrected chi connectivity index (χ3v) is 7.81. The fourth-order valence-corrected chi connectivity index (χ4v) is 6.10. The van der Waals surface area contributed by atoms with Gasteiger partial charge in [-0.25, -0.2) is 9.55 Å². The van der Waals surface area contributed by atoms with E-state index in [1.807, 2.05) is 0 Å².